The maximum Gasteiger partial charge on any atom is 0.344 e. The number of hydrogen-bond donors (Lipinski definition) is 11. The zero-order valence-corrected chi connectivity index (χ0v) is 25.9. The fourth-order valence-corrected chi connectivity index (χ4v) is 6.04. The molecule has 21 nitrogen and oxygen atoms in total. The van der Waals surface area contributed by atoms with Gasteiger partial charge in [0.2, 0.25) is 23.6 Å². The summed E-state index contributed by atoms with van der Waals surface area (Å²) in [5, 5.41) is 42.2. The Morgan fingerprint density at radius 2 is 1.18 bits per heavy atom. The molecule has 0 radical (unpaired) electrons. The number of aliphatic carboxylic acids is 4. The standard InChI is InChI=1S/C21H35N6O15PS2/c22-10(20(36)37)1-3-14(28)25-12(18(34)24-5-16(30)31)7-44-45-8-13(26-15(29)4-2-11(23)21(38)39)19(35)27(6-17(32)33)9-43(40,41)42/h10-13H,1-9,22-23H2,(H,24,34)(H,25,28)(H,26,29)(H,30,31)(H,32,33)(H,36,37)(H,38,39)(H2,40,41,42)/t10-,11-,12-,13-/m0/s1. The van der Waals surface area contributed by atoms with E-state index in [4.69, 9.17) is 31.9 Å². The second-order valence-electron chi connectivity index (χ2n) is 9.12. The van der Waals surface area contributed by atoms with Crippen LogP contribution in [0.25, 0.3) is 0 Å². The highest BCUT2D eigenvalue weighted by Crippen LogP contribution is 2.35. The molecule has 0 saturated heterocycles. The van der Waals surface area contributed by atoms with E-state index in [1.807, 2.05) is 0 Å². The van der Waals surface area contributed by atoms with Crippen LogP contribution in [0, 0.1) is 0 Å². The van der Waals surface area contributed by atoms with Crippen molar-refractivity contribution in [3.63, 3.8) is 0 Å². The normalized spacial score (nSPS) is 13.8. The summed E-state index contributed by atoms with van der Waals surface area (Å²) in [6.07, 6.45) is -2.84. The van der Waals surface area contributed by atoms with Gasteiger partial charge in [0.05, 0.1) is 0 Å². The van der Waals surface area contributed by atoms with Crippen LogP contribution in [-0.4, -0.2) is 138 Å². The average molecular weight is 707 g/mol. The zero-order chi connectivity index (χ0) is 34.9. The summed E-state index contributed by atoms with van der Waals surface area (Å²) in [5.41, 5.74) is 10.7. The molecule has 0 aromatic rings. The molecule has 24 heteroatoms. The molecule has 256 valence electrons. The van der Waals surface area contributed by atoms with Crippen LogP contribution in [-0.2, 0) is 42.9 Å². The molecule has 4 amide bonds. The third kappa shape index (κ3) is 19.5. The van der Waals surface area contributed by atoms with Crippen molar-refractivity contribution in [2.75, 3.05) is 30.9 Å². The Kier molecular flexibility index (Phi) is 19.0. The Morgan fingerprint density at radius 1 is 0.733 bits per heavy atom. The van der Waals surface area contributed by atoms with Crippen LogP contribution < -0.4 is 27.4 Å². The average Bonchev–Trinajstić information content (AvgIpc) is 2.92. The van der Waals surface area contributed by atoms with E-state index in [0.717, 1.165) is 21.6 Å². The number of hydrogen-bond acceptors (Lipinski definition) is 13. The van der Waals surface area contributed by atoms with Crippen LogP contribution in [0.1, 0.15) is 25.7 Å². The van der Waals surface area contributed by atoms with Crippen LogP contribution in [0.3, 0.4) is 0 Å². The Bertz CT molecular complexity index is 1160. The first kappa shape index (κ1) is 41.5. The maximum atomic E-state index is 13.1. The smallest absolute Gasteiger partial charge is 0.344 e. The summed E-state index contributed by atoms with van der Waals surface area (Å²) >= 11 is 0. The van der Waals surface area contributed by atoms with Crippen molar-refractivity contribution in [2.45, 2.75) is 49.9 Å². The molecule has 0 aliphatic carbocycles. The first-order valence-corrected chi connectivity index (χ1v) is 16.9. The summed E-state index contributed by atoms with van der Waals surface area (Å²) in [7, 11) is -3.38. The van der Waals surface area contributed by atoms with E-state index < -0.39 is 117 Å². The number of carbonyl (C=O) groups is 8. The van der Waals surface area contributed by atoms with E-state index in [1.165, 1.54) is 0 Å². The summed E-state index contributed by atoms with van der Waals surface area (Å²) in [6, 6.07) is -5.79. The lowest BCUT2D eigenvalue weighted by Crippen LogP contribution is -2.51. The maximum absolute atomic E-state index is 13.1. The van der Waals surface area contributed by atoms with Crippen molar-refractivity contribution in [1.29, 1.82) is 0 Å². The van der Waals surface area contributed by atoms with E-state index in [9.17, 15) is 52.7 Å². The van der Waals surface area contributed by atoms with Crippen LogP contribution in [0.4, 0.5) is 0 Å². The Labute approximate surface area is 262 Å². The van der Waals surface area contributed by atoms with Gasteiger partial charge in [0.25, 0.3) is 0 Å². The molecule has 0 fully saturated rings. The summed E-state index contributed by atoms with van der Waals surface area (Å²) in [5.74, 6) is -10.3. The Hall–Kier alpha value is -3.47. The fourth-order valence-electron chi connectivity index (χ4n) is 3.03. The largest absolute Gasteiger partial charge is 0.480 e. The SMILES string of the molecule is N[C@@H](CCC(=O)N[C@@H](CSSC[C@H](NC(=O)CC[C@H](N)C(=O)O)C(=O)N(CC(=O)O)CP(=O)(O)O)C(=O)NCC(=O)O)C(=O)O. The van der Waals surface area contributed by atoms with E-state index >= 15 is 0 Å². The number of amides is 4. The minimum absolute atomic E-state index is 0.281. The fraction of sp³-hybridized carbons (Fsp3) is 0.619. The van der Waals surface area contributed by atoms with E-state index in [0.29, 0.717) is 4.90 Å². The lowest BCUT2D eigenvalue weighted by atomic mass is 10.1. The molecule has 4 atom stereocenters. The van der Waals surface area contributed by atoms with Crippen molar-refractivity contribution in [2.24, 2.45) is 11.5 Å². The molecule has 0 aliphatic rings. The van der Waals surface area contributed by atoms with Crippen LogP contribution in [0.2, 0.25) is 0 Å². The first-order chi connectivity index (χ1) is 20.7. The van der Waals surface area contributed by atoms with Gasteiger partial charge in [-0.25, -0.2) is 0 Å². The van der Waals surface area contributed by atoms with Gasteiger partial charge in [0.15, 0.2) is 0 Å². The van der Waals surface area contributed by atoms with Gasteiger partial charge in [-0.2, -0.15) is 0 Å². The highest BCUT2D eigenvalue weighted by atomic mass is 33.1. The molecule has 0 saturated carbocycles. The molecule has 0 heterocycles. The number of carboxylic acids is 4. The molecule has 0 aromatic heterocycles. The number of nitrogens with zero attached hydrogens (tertiary/aromatic N) is 1. The van der Waals surface area contributed by atoms with Crippen molar-refractivity contribution in [3.8, 4) is 0 Å². The van der Waals surface area contributed by atoms with Crippen LogP contribution >= 0.6 is 29.2 Å². The van der Waals surface area contributed by atoms with Gasteiger partial charge in [0, 0.05) is 24.3 Å². The molecule has 0 spiro atoms. The van der Waals surface area contributed by atoms with E-state index in [2.05, 4.69) is 16.0 Å². The van der Waals surface area contributed by atoms with Gasteiger partial charge in [0.1, 0.15) is 43.5 Å². The molecule has 0 aromatic carbocycles. The molecule has 0 bridgehead atoms. The minimum Gasteiger partial charge on any atom is -0.480 e. The monoisotopic (exact) mass is 706 g/mol. The molecule has 0 aliphatic heterocycles. The van der Waals surface area contributed by atoms with Gasteiger partial charge in [-0.05, 0) is 12.8 Å². The molecular weight excluding hydrogens is 671 g/mol. The summed E-state index contributed by atoms with van der Waals surface area (Å²) in [6.45, 7) is -1.96. The van der Waals surface area contributed by atoms with E-state index in [1.54, 1.807) is 0 Å². The van der Waals surface area contributed by atoms with Crippen molar-refractivity contribution < 1.29 is 73.1 Å². The van der Waals surface area contributed by atoms with Crippen molar-refractivity contribution in [3.05, 3.63) is 0 Å². The lowest BCUT2D eigenvalue weighted by molar-refractivity contribution is -0.145. The van der Waals surface area contributed by atoms with Crippen molar-refractivity contribution >= 4 is 76.7 Å². The highest BCUT2D eigenvalue weighted by molar-refractivity contribution is 8.76. The van der Waals surface area contributed by atoms with E-state index in [-0.39, 0.29) is 18.6 Å². The number of carbonyl (C=O) groups excluding carboxylic acids is 4. The van der Waals surface area contributed by atoms with Gasteiger partial charge < -0.3 is 62.5 Å². The Balaban J connectivity index is 5.71. The summed E-state index contributed by atoms with van der Waals surface area (Å²) in [4.78, 5) is 113. The number of nitrogens with two attached hydrogens (primary N) is 2. The highest BCUT2D eigenvalue weighted by Gasteiger charge is 2.32. The van der Waals surface area contributed by atoms with Crippen LogP contribution in [0.5, 0.6) is 0 Å². The first-order valence-electron chi connectivity index (χ1n) is 12.6. The molecule has 13 N–H and O–H groups in total. The molecule has 0 unspecified atom stereocenters. The summed E-state index contributed by atoms with van der Waals surface area (Å²) < 4.78 is 11.5. The van der Waals surface area contributed by atoms with Gasteiger partial charge >= 0.3 is 31.5 Å². The third-order valence-electron chi connectivity index (χ3n) is 5.24. The second kappa shape index (κ2) is 20.5. The predicted molar refractivity (Wildman–Crippen MR) is 155 cm³/mol. The second-order valence-corrected chi connectivity index (χ2v) is 13.3. The van der Waals surface area contributed by atoms with Crippen LogP contribution in [0.15, 0.2) is 0 Å². The quantitative estimate of drug-likeness (QED) is 0.0274. The van der Waals surface area contributed by atoms with Crippen molar-refractivity contribution in [1.82, 2.24) is 20.9 Å². The zero-order valence-electron chi connectivity index (χ0n) is 23.4. The molecular formula is C21H35N6O15PS2. The van der Waals surface area contributed by atoms with Gasteiger partial charge in [-0.15, -0.1) is 0 Å². The minimum atomic E-state index is -4.98. The predicted octanol–water partition coefficient (Wildman–Crippen LogP) is -4.03. The molecule has 45 heavy (non-hydrogen) atoms. The third-order valence-corrected chi connectivity index (χ3v) is 8.38. The Morgan fingerprint density at radius 3 is 1.58 bits per heavy atom. The molecule has 0 rings (SSSR count). The van der Waals surface area contributed by atoms with Gasteiger partial charge in [-0.1, -0.05) is 21.6 Å². The number of carboxylic acid groups (broad SMARTS) is 4. The lowest BCUT2D eigenvalue weighted by Gasteiger charge is -2.27. The van der Waals surface area contributed by atoms with Gasteiger partial charge in [-0.3, -0.25) is 42.9 Å². The number of rotatable bonds is 23. The topological polar surface area (TPSA) is 366 Å². The number of nitrogens with one attached hydrogen (secondary N) is 3.